The van der Waals surface area contributed by atoms with Gasteiger partial charge in [0.25, 0.3) is 0 Å². The van der Waals surface area contributed by atoms with Gasteiger partial charge in [-0.15, -0.1) is 0 Å². The first-order valence-electron chi connectivity index (χ1n) is 11.6. The number of pyridine rings is 1. The van der Waals surface area contributed by atoms with Crippen molar-refractivity contribution in [3.63, 3.8) is 0 Å². The highest BCUT2D eigenvalue weighted by molar-refractivity contribution is 7.89. The SMILES string of the molecule is CCS(=O)(=O)N1CCN(c2ccc(N3CCN(C(=O)OC(C)(C)C)c4ccccc43)nc2)CC1. The molecule has 2 aromatic rings. The number of aromatic nitrogens is 1. The number of hydrogen-bond acceptors (Lipinski definition) is 7. The number of anilines is 4. The maximum atomic E-state index is 12.8. The zero-order valence-corrected chi connectivity index (χ0v) is 21.1. The summed E-state index contributed by atoms with van der Waals surface area (Å²) in [6.45, 7) is 10.6. The van der Waals surface area contributed by atoms with Crippen molar-refractivity contribution in [2.24, 2.45) is 0 Å². The van der Waals surface area contributed by atoms with Gasteiger partial charge in [-0.2, -0.15) is 4.31 Å². The average molecular weight is 488 g/mol. The van der Waals surface area contributed by atoms with E-state index >= 15 is 0 Å². The second-order valence-electron chi connectivity index (χ2n) is 9.43. The molecule has 184 valence electrons. The molecule has 0 aliphatic carbocycles. The Bertz CT molecular complexity index is 1120. The van der Waals surface area contributed by atoms with Crippen LogP contribution in [0.4, 0.5) is 27.7 Å². The maximum absolute atomic E-state index is 12.8. The molecular formula is C24H33N5O4S. The summed E-state index contributed by atoms with van der Waals surface area (Å²) < 4.78 is 31.4. The molecule has 1 aromatic carbocycles. The normalized spacial score (nSPS) is 17.5. The summed E-state index contributed by atoms with van der Waals surface area (Å²) in [5.74, 6) is 0.929. The van der Waals surface area contributed by atoms with Crippen LogP contribution in [0.1, 0.15) is 27.7 Å². The van der Waals surface area contributed by atoms with Gasteiger partial charge in [-0.1, -0.05) is 12.1 Å². The van der Waals surface area contributed by atoms with E-state index in [1.165, 1.54) is 0 Å². The van der Waals surface area contributed by atoms with Crippen LogP contribution in [-0.2, 0) is 14.8 Å². The minimum absolute atomic E-state index is 0.131. The Kier molecular flexibility index (Phi) is 6.73. The molecule has 0 radical (unpaired) electrons. The van der Waals surface area contributed by atoms with E-state index in [0.29, 0.717) is 39.3 Å². The lowest BCUT2D eigenvalue weighted by Gasteiger charge is -2.38. The van der Waals surface area contributed by atoms with Gasteiger partial charge in [0, 0.05) is 39.3 Å². The summed E-state index contributed by atoms with van der Waals surface area (Å²) in [5, 5.41) is 0. The number of piperazine rings is 1. The van der Waals surface area contributed by atoms with E-state index < -0.39 is 15.6 Å². The standard InChI is InChI=1S/C24H33N5O4S/c1-5-34(31,32)27-14-12-26(13-15-27)19-10-11-22(25-18-19)28-16-17-29(23(30)33-24(2,3)4)21-9-7-6-8-20(21)28/h6-11,18H,5,12-17H2,1-4H3. The zero-order chi connectivity index (χ0) is 24.5. The lowest BCUT2D eigenvalue weighted by molar-refractivity contribution is 0.0580. The van der Waals surface area contributed by atoms with E-state index in [1.807, 2.05) is 63.4 Å². The highest BCUT2D eigenvalue weighted by atomic mass is 32.2. The highest BCUT2D eigenvalue weighted by Gasteiger charge is 2.31. The van der Waals surface area contributed by atoms with Gasteiger partial charge in [-0.05, 0) is 52.0 Å². The molecule has 0 atom stereocenters. The first-order chi connectivity index (χ1) is 16.1. The maximum Gasteiger partial charge on any atom is 0.414 e. The fourth-order valence-corrected chi connectivity index (χ4v) is 5.32. The third kappa shape index (κ3) is 5.12. The largest absolute Gasteiger partial charge is 0.443 e. The molecule has 2 aliphatic heterocycles. The van der Waals surface area contributed by atoms with E-state index in [9.17, 15) is 13.2 Å². The molecular weight excluding hydrogens is 454 g/mol. The molecule has 1 fully saturated rings. The van der Waals surface area contributed by atoms with Crippen molar-refractivity contribution in [3.8, 4) is 0 Å². The molecule has 4 rings (SSSR count). The summed E-state index contributed by atoms with van der Waals surface area (Å²) in [4.78, 5) is 23.4. The molecule has 1 aromatic heterocycles. The van der Waals surface area contributed by atoms with Crippen LogP contribution in [0, 0.1) is 0 Å². The van der Waals surface area contributed by atoms with Crippen molar-refractivity contribution in [1.29, 1.82) is 0 Å². The fourth-order valence-electron chi connectivity index (χ4n) is 4.24. The monoisotopic (exact) mass is 487 g/mol. The molecule has 0 spiro atoms. The number of carbonyl (C=O) groups is 1. The summed E-state index contributed by atoms with van der Waals surface area (Å²) >= 11 is 0. The molecule has 1 amide bonds. The van der Waals surface area contributed by atoms with Gasteiger partial charge < -0.3 is 14.5 Å². The molecule has 3 heterocycles. The van der Waals surface area contributed by atoms with Gasteiger partial charge in [0.15, 0.2) is 0 Å². The Morgan fingerprint density at radius 2 is 1.65 bits per heavy atom. The van der Waals surface area contributed by atoms with Crippen LogP contribution >= 0.6 is 0 Å². The smallest absolute Gasteiger partial charge is 0.414 e. The number of carbonyl (C=O) groups excluding carboxylic acids is 1. The number of fused-ring (bicyclic) bond motifs is 1. The first kappa shape index (κ1) is 24.3. The van der Waals surface area contributed by atoms with Crippen molar-refractivity contribution in [1.82, 2.24) is 9.29 Å². The summed E-state index contributed by atoms with van der Waals surface area (Å²) in [6.07, 6.45) is 1.48. The van der Waals surface area contributed by atoms with Gasteiger partial charge in [-0.3, -0.25) is 4.90 Å². The second-order valence-corrected chi connectivity index (χ2v) is 11.7. The number of amides is 1. The Morgan fingerprint density at radius 1 is 0.971 bits per heavy atom. The van der Waals surface area contributed by atoms with Crippen molar-refractivity contribution in [2.75, 3.05) is 59.7 Å². The predicted molar refractivity (Wildman–Crippen MR) is 135 cm³/mol. The average Bonchev–Trinajstić information content (AvgIpc) is 2.82. The molecule has 2 aliphatic rings. The van der Waals surface area contributed by atoms with Gasteiger partial charge in [0.1, 0.15) is 11.4 Å². The quantitative estimate of drug-likeness (QED) is 0.653. The topological polar surface area (TPSA) is 86.3 Å². The van der Waals surface area contributed by atoms with Crippen molar-refractivity contribution < 1.29 is 17.9 Å². The van der Waals surface area contributed by atoms with Gasteiger partial charge in [0.2, 0.25) is 10.0 Å². The van der Waals surface area contributed by atoms with Crippen LogP contribution in [0.2, 0.25) is 0 Å². The lowest BCUT2D eigenvalue weighted by Crippen LogP contribution is -2.49. The molecule has 0 N–H and O–H groups in total. The minimum atomic E-state index is -3.15. The molecule has 0 unspecified atom stereocenters. The number of sulfonamides is 1. The van der Waals surface area contributed by atoms with E-state index in [4.69, 9.17) is 9.72 Å². The molecule has 9 nitrogen and oxygen atoms in total. The van der Waals surface area contributed by atoms with Crippen molar-refractivity contribution >= 4 is 39.0 Å². The molecule has 0 saturated carbocycles. The van der Waals surface area contributed by atoms with Crippen LogP contribution in [-0.4, -0.2) is 74.4 Å². The molecule has 10 heteroatoms. The van der Waals surface area contributed by atoms with Gasteiger partial charge in [0.05, 0.1) is 29.0 Å². The Morgan fingerprint density at radius 3 is 2.24 bits per heavy atom. The number of rotatable bonds is 4. The van der Waals surface area contributed by atoms with E-state index in [1.54, 1.807) is 16.1 Å². The highest BCUT2D eigenvalue weighted by Crippen LogP contribution is 2.37. The number of hydrogen-bond donors (Lipinski definition) is 0. The fraction of sp³-hybridized carbons (Fsp3) is 0.500. The Labute approximate surface area is 202 Å². The first-order valence-corrected chi connectivity index (χ1v) is 13.3. The van der Waals surface area contributed by atoms with Crippen molar-refractivity contribution in [2.45, 2.75) is 33.3 Å². The van der Waals surface area contributed by atoms with Crippen LogP contribution in [0.25, 0.3) is 0 Å². The third-order valence-electron chi connectivity index (χ3n) is 6.00. The van der Waals surface area contributed by atoms with E-state index in [-0.39, 0.29) is 11.8 Å². The number of benzene rings is 1. The second kappa shape index (κ2) is 9.42. The summed E-state index contributed by atoms with van der Waals surface area (Å²) in [6, 6.07) is 11.8. The molecule has 0 bridgehead atoms. The van der Waals surface area contributed by atoms with E-state index in [0.717, 1.165) is 22.9 Å². The van der Waals surface area contributed by atoms with Crippen LogP contribution in [0.3, 0.4) is 0 Å². The number of ether oxygens (including phenoxy) is 1. The van der Waals surface area contributed by atoms with Crippen LogP contribution < -0.4 is 14.7 Å². The van der Waals surface area contributed by atoms with Crippen LogP contribution in [0.15, 0.2) is 42.6 Å². The predicted octanol–water partition coefficient (Wildman–Crippen LogP) is 3.45. The van der Waals surface area contributed by atoms with Gasteiger partial charge in [-0.25, -0.2) is 18.2 Å². The number of nitrogens with zero attached hydrogens (tertiary/aromatic N) is 5. The van der Waals surface area contributed by atoms with Crippen molar-refractivity contribution in [3.05, 3.63) is 42.6 Å². The van der Waals surface area contributed by atoms with E-state index in [2.05, 4.69) is 9.80 Å². The summed E-state index contributed by atoms with van der Waals surface area (Å²) in [5.41, 5.74) is 2.10. The Hall–Kier alpha value is -2.85. The number of para-hydroxylation sites is 2. The molecule has 34 heavy (non-hydrogen) atoms. The molecule has 1 saturated heterocycles. The third-order valence-corrected chi connectivity index (χ3v) is 7.88. The van der Waals surface area contributed by atoms with Gasteiger partial charge >= 0.3 is 6.09 Å². The summed E-state index contributed by atoms with van der Waals surface area (Å²) in [7, 11) is -3.15. The Balaban J connectivity index is 1.49. The minimum Gasteiger partial charge on any atom is -0.443 e. The lowest BCUT2D eigenvalue weighted by atomic mass is 10.1. The van der Waals surface area contributed by atoms with Crippen LogP contribution in [0.5, 0.6) is 0 Å². The zero-order valence-electron chi connectivity index (χ0n) is 20.3.